The first-order chi connectivity index (χ1) is 5.31. The van der Waals surface area contributed by atoms with Crippen molar-refractivity contribution in [3.63, 3.8) is 0 Å². The van der Waals surface area contributed by atoms with Gasteiger partial charge in [-0.2, -0.15) is 0 Å². The molecule has 1 aromatic rings. The molecule has 0 aromatic heterocycles. The normalized spacial score (nSPS) is 8.18. The lowest BCUT2D eigenvalue weighted by Crippen LogP contribution is -2.11. The summed E-state index contributed by atoms with van der Waals surface area (Å²) in [7, 11) is 0. The van der Waals surface area contributed by atoms with E-state index in [2.05, 4.69) is 0 Å². The summed E-state index contributed by atoms with van der Waals surface area (Å²) in [5.74, 6) is 0.322. The molecule has 0 aliphatic heterocycles. The van der Waals surface area contributed by atoms with Gasteiger partial charge in [0.25, 0.3) is 0 Å². The van der Waals surface area contributed by atoms with Crippen LogP contribution in [0.4, 0.5) is 0 Å². The molecule has 0 unspecified atom stereocenters. The van der Waals surface area contributed by atoms with Gasteiger partial charge in [0.2, 0.25) is 0 Å². The van der Waals surface area contributed by atoms with Crippen molar-refractivity contribution in [2.24, 2.45) is 11.5 Å². The summed E-state index contributed by atoms with van der Waals surface area (Å²) in [6.07, 6.45) is 0. The second-order valence-electron chi connectivity index (χ2n) is 1.91. The summed E-state index contributed by atoms with van der Waals surface area (Å²) in [5, 5.41) is 8.63. The summed E-state index contributed by atoms with van der Waals surface area (Å²) in [6, 6.07) is 8.71. The molecule has 0 saturated heterocycles. The molecule has 0 fully saturated rings. The first kappa shape index (κ1) is 9.94. The van der Waals surface area contributed by atoms with E-state index in [0.29, 0.717) is 18.8 Å². The summed E-state index contributed by atoms with van der Waals surface area (Å²) >= 11 is 0. The summed E-state index contributed by atoms with van der Waals surface area (Å²) in [6.45, 7) is 1.19. The number of benzene rings is 1. The molecule has 11 heavy (non-hydrogen) atoms. The maximum Gasteiger partial charge on any atom is 0.115 e. The lowest BCUT2D eigenvalue weighted by atomic mass is 10.3. The summed E-state index contributed by atoms with van der Waals surface area (Å²) < 4.78 is 0. The Morgan fingerprint density at radius 1 is 1.00 bits per heavy atom. The van der Waals surface area contributed by atoms with E-state index in [4.69, 9.17) is 16.6 Å². The molecule has 5 N–H and O–H groups in total. The Bertz CT molecular complexity index is 163. The van der Waals surface area contributed by atoms with Crippen LogP contribution in [0.1, 0.15) is 0 Å². The molecule has 1 aromatic carbocycles. The highest BCUT2D eigenvalue weighted by atomic mass is 16.3. The molecule has 0 atom stereocenters. The van der Waals surface area contributed by atoms with E-state index in [9.17, 15) is 0 Å². The molecular formula is C8H14N2O. The minimum absolute atomic E-state index is 0.322. The third-order valence-corrected chi connectivity index (χ3v) is 0.923. The van der Waals surface area contributed by atoms with Crippen molar-refractivity contribution in [2.75, 3.05) is 13.1 Å². The number of phenols is 1. The highest BCUT2D eigenvalue weighted by Crippen LogP contribution is 2.02. The van der Waals surface area contributed by atoms with Crippen LogP contribution in [0.25, 0.3) is 0 Å². The highest BCUT2D eigenvalue weighted by Gasteiger charge is 1.74. The van der Waals surface area contributed by atoms with Gasteiger partial charge in [0.1, 0.15) is 5.75 Å². The maximum atomic E-state index is 8.63. The third kappa shape index (κ3) is 6.83. The average molecular weight is 154 g/mol. The quantitative estimate of drug-likeness (QED) is 0.544. The number of para-hydroxylation sites is 1. The fourth-order valence-corrected chi connectivity index (χ4v) is 0.428. The fraction of sp³-hybridized carbons (Fsp3) is 0.250. The lowest BCUT2D eigenvalue weighted by molar-refractivity contribution is 0.475. The van der Waals surface area contributed by atoms with Crippen molar-refractivity contribution >= 4 is 0 Å². The molecule has 0 aliphatic rings. The zero-order chi connectivity index (χ0) is 8.53. The molecule has 3 heteroatoms. The smallest absolute Gasteiger partial charge is 0.115 e. The largest absolute Gasteiger partial charge is 0.508 e. The minimum atomic E-state index is 0.322. The molecule has 0 heterocycles. The molecular weight excluding hydrogens is 140 g/mol. The summed E-state index contributed by atoms with van der Waals surface area (Å²) in [5.41, 5.74) is 9.81. The van der Waals surface area contributed by atoms with Crippen molar-refractivity contribution in [3.8, 4) is 5.75 Å². The van der Waals surface area contributed by atoms with Crippen molar-refractivity contribution in [2.45, 2.75) is 0 Å². The second kappa shape index (κ2) is 7.05. The van der Waals surface area contributed by atoms with Crippen LogP contribution in [0.5, 0.6) is 5.75 Å². The first-order valence-corrected chi connectivity index (χ1v) is 3.45. The highest BCUT2D eigenvalue weighted by molar-refractivity contribution is 5.18. The first-order valence-electron chi connectivity index (χ1n) is 3.45. The van der Waals surface area contributed by atoms with E-state index >= 15 is 0 Å². The van der Waals surface area contributed by atoms with Crippen LogP contribution in [0.15, 0.2) is 30.3 Å². The Morgan fingerprint density at radius 2 is 1.45 bits per heavy atom. The molecule has 0 bridgehead atoms. The Balaban J connectivity index is 0.000000218. The van der Waals surface area contributed by atoms with E-state index < -0.39 is 0 Å². The van der Waals surface area contributed by atoms with Gasteiger partial charge >= 0.3 is 0 Å². The maximum absolute atomic E-state index is 8.63. The molecule has 0 amide bonds. The van der Waals surface area contributed by atoms with Crippen LogP contribution in [-0.2, 0) is 0 Å². The minimum Gasteiger partial charge on any atom is -0.508 e. The van der Waals surface area contributed by atoms with Gasteiger partial charge in [-0.25, -0.2) is 0 Å². The SMILES string of the molecule is NCCN.Oc1ccccc1. The van der Waals surface area contributed by atoms with Crippen molar-refractivity contribution in [1.29, 1.82) is 0 Å². The van der Waals surface area contributed by atoms with Crippen LogP contribution < -0.4 is 11.5 Å². The van der Waals surface area contributed by atoms with Crippen molar-refractivity contribution < 1.29 is 5.11 Å². The zero-order valence-corrected chi connectivity index (χ0v) is 6.40. The van der Waals surface area contributed by atoms with Crippen molar-refractivity contribution in [3.05, 3.63) is 30.3 Å². The predicted octanol–water partition coefficient (Wildman–Crippen LogP) is 0.296. The molecule has 0 saturated carbocycles. The van der Waals surface area contributed by atoms with Gasteiger partial charge in [-0.05, 0) is 12.1 Å². The van der Waals surface area contributed by atoms with E-state index in [-0.39, 0.29) is 0 Å². The second-order valence-corrected chi connectivity index (χ2v) is 1.91. The number of aromatic hydroxyl groups is 1. The Kier molecular flexibility index (Phi) is 6.37. The van der Waals surface area contributed by atoms with E-state index in [0.717, 1.165) is 0 Å². The van der Waals surface area contributed by atoms with E-state index in [1.807, 2.05) is 6.07 Å². The number of hydrogen-bond acceptors (Lipinski definition) is 3. The monoisotopic (exact) mass is 154 g/mol. The van der Waals surface area contributed by atoms with Gasteiger partial charge in [-0.15, -0.1) is 0 Å². The number of rotatable bonds is 1. The Labute approximate surface area is 66.6 Å². The fourth-order valence-electron chi connectivity index (χ4n) is 0.428. The Hall–Kier alpha value is -1.06. The van der Waals surface area contributed by atoms with Crippen LogP contribution in [0.3, 0.4) is 0 Å². The number of phenolic OH excluding ortho intramolecular Hbond substituents is 1. The van der Waals surface area contributed by atoms with Gasteiger partial charge in [-0.1, -0.05) is 18.2 Å². The predicted molar refractivity (Wildman–Crippen MR) is 46.2 cm³/mol. The molecule has 1 rings (SSSR count). The molecule has 0 spiro atoms. The van der Waals surface area contributed by atoms with Gasteiger partial charge in [0, 0.05) is 13.1 Å². The van der Waals surface area contributed by atoms with Crippen LogP contribution in [-0.4, -0.2) is 18.2 Å². The molecule has 0 aliphatic carbocycles. The van der Waals surface area contributed by atoms with Gasteiger partial charge in [0.05, 0.1) is 0 Å². The standard InChI is InChI=1S/C6H6O.C2H8N2/c7-6-4-2-1-3-5-6;3-1-2-4/h1-5,7H;1-4H2. The van der Waals surface area contributed by atoms with Gasteiger partial charge in [-0.3, -0.25) is 0 Å². The van der Waals surface area contributed by atoms with Crippen LogP contribution >= 0.6 is 0 Å². The average Bonchev–Trinajstić information content (AvgIpc) is 2.07. The number of nitrogens with two attached hydrogens (primary N) is 2. The third-order valence-electron chi connectivity index (χ3n) is 0.923. The topological polar surface area (TPSA) is 72.3 Å². The molecule has 0 radical (unpaired) electrons. The molecule has 62 valence electrons. The zero-order valence-electron chi connectivity index (χ0n) is 6.40. The Morgan fingerprint density at radius 3 is 1.64 bits per heavy atom. The van der Waals surface area contributed by atoms with Gasteiger partial charge < -0.3 is 16.6 Å². The van der Waals surface area contributed by atoms with Crippen LogP contribution in [0, 0.1) is 0 Å². The van der Waals surface area contributed by atoms with Crippen molar-refractivity contribution in [1.82, 2.24) is 0 Å². The molecule has 3 nitrogen and oxygen atoms in total. The van der Waals surface area contributed by atoms with Crippen LogP contribution in [0.2, 0.25) is 0 Å². The summed E-state index contributed by atoms with van der Waals surface area (Å²) in [4.78, 5) is 0. The lowest BCUT2D eigenvalue weighted by Gasteiger charge is -1.82. The van der Waals surface area contributed by atoms with Gasteiger partial charge in [0.15, 0.2) is 0 Å². The number of hydrogen-bond donors (Lipinski definition) is 3. The van der Waals surface area contributed by atoms with E-state index in [1.165, 1.54) is 0 Å². The van der Waals surface area contributed by atoms with E-state index in [1.54, 1.807) is 24.3 Å².